The first-order valence-electron chi connectivity index (χ1n) is 8.06. The van der Waals surface area contributed by atoms with E-state index in [4.69, 9.17) is 16.0 Å². The number of hydrogen-bond acceptors (Lipinski definition) is 5. The van der Waals surface area contributed by atoms with E-state index < -0.39 is 0 Å². The highest BCUT2D eigenvalue weighted by molar-refractivity contribution is 8.00. The topological polar surface area (TPSA) is 68.0 Å². The predicted octanol–water partition coefficient (Wildman–Crippen LogP) is 5.13. The number of nitrogens with zero attached hydrogens (tertiary/aromatic N) is 2. The summed E-state index contributed by atoms with van der Waals surface area (Å²) in [6.07, 6.45) is 0. The van der Waals surface area contributed by atoms with Gasteiger partial charge in [0, 0.05) is 16.3 Å². The molecule has 1 heterocycles. The fourth-order valence-corrected chi connectivity index (χ4v) is 3.09. The lowest BCUT2D eigenvalue weighted by Crippen LogP contribution is -2.22. The number of anilines is 1. The van der Waals surface area contributed by atoms with Crippen LogP contribution in [0.15, 0.2) is 52.1 Å². The number of carbonyl (C=O) groups excluding carboxylic acids is 1. The molecular formula is C19H18ClN3O2S. The Hall–Kier alpha value is -2.31. The molecule has 0 saturated carbocycles. The highest BCUT2D eigenvalue weighted by atomic mass is 35.5. The molecule has 5 nitrogen and oxygen atoms in total. The molecule has 0 fully saturated rings. The molecule has 0 aliphatic rings. The Bertz CT molecular complexity index is 925. The molecule has 0 aliphatic heterocycles. The fourth-order valence-electron chi connectivity index (χ4n) is 2.28. The maximum atomic E-state index is 12.5. The third-order valence-corrected chi connectivity index (χ3v) is 4.98. The number of nitrogens with one attached hydrogen (secondary N) is 1. The minimum atomic E-state index is -0.381. The van der Waals surface area contributed by atoms with Crippen molar-refractivity contribution in [1.29, 1.82) is 0 Å². The van der Waals surface area contributed by atoms with Crippen molar-refractivity contribution in [3.05, 3.63) is 58.6 Å². The summed E-state index contributed by atoms with van der Waals surface area (Å²) in [5.41, 5.74) is 3.70. The highest BCUT2D eigenvalue weighted by Gasteiger charge is 2.19. The lowest BCUT2D eigenvalue weighted by molar-refractivity contribution is -0.115. The Morgan fingerprint density at radius 2 is 1.88 bits per heavy atom. The van der Waals surface area contributed by atoms with Crippen LogP contribution in [0.2, 0.25) is 5.02 Å². The third-order valence-electron chi connectivity index (χ3n) is 3.80. The summed E-state index contributed by atoms with van der Waals surface area (Å²) in [5, 5.41) is 11.6. The molecule has 1 N–H and O–H groups in total. The average molecular weight is 388 g/mol. The van der Waals surface area contributed by atoms with Gasteiger partial charge in [-0.1, -0.05) is 35.5 Å². The third kappa shape index (κ3) is 4.45. The lowest BCUT2D eigenvalue weighted by atomic mass is 10.1. The summed E-state index contributed by atoms with van der Waals surface area (Å²) in [6.45, 7) is 5.75. The van der Waals surface area contributed by atoms with Crippen molar-refractivity contribution in [2.45, 2.75) is 31.2 Å². The monoisotopic (exact) mass is 387 g/mol. The number of rotatable bonds is 5. The zero-order valence-electron chi connectivity index (χ0n) is 14.6. The standard InChI is InChI=1S/C19H18ClN3O2S/c1-11-4-5-12(2)16(10-11)21-17(24)13(3)26-19-23-22-18(25-19)14-6-8-15(20)9-7-14/h4-10,13H,1-3H3,(H,21,24). The van der Waals surface area contributed by atoms with Crippen molar-refractivity contribution in [3.63, 3.8) is 0 Å². The van der Waals surface area contributed by atoms with Crippen molar-refractivity contribution < 1.29 is 9.21 Å². The van der Waals surface area contributed by atoms with Crippen molar-refractivity contribution in [2.24, 2.45) is 0 Å². The number of aromatic nitrogens is 2. The number of hydrogen-bond donors (Lipinski definition) is 1. The number of halogens is 1. The SMILES string of the molecule is Cc1ccc(C)c(NC(=O)C(C)Sc2nnc(-c3ccc(Cl)cc3)o2)c1. The van der Waals surface area contributed by atoms with Gasteiger partial charge in [-0.25, -0.2) is 0 Å². The van der Waals surface area contributed by atoms with Gasteiger partial charge in [0.05, 0.1) is 5.25 Å². The molecule has 2 aromatic carbocycles. The van der Waals surface area contributed by atoms with Crippen LogP contribution in [0.25, 0.3) is 11.5 Å². The summed E-state index contributed by atoms with van der Waals surface area (Å²) < 4.78 is 5.64. The van der Waals surface area contributed by atoms with E-state index in [2.05, 4.69) is 15.5 Å². The van der Waals surface area contributed by atoms with Gasteiger partial charge in [-0.2, -0.15) is 0 Å². The van der Waals surface area contributed by atoms with Crippen LogP contribution < -0.4 is 5.32 Å². The summed E-state index contributed by atoms with van der Waals surface area (Å²) in [4.78, 5) is 12.5. The van der Waals surface area contributed by atoms with Gasteiger partial charge in [0.1, 0.15) is 0 Å². The molecule has 0 spiro atoms. The molecule has 0 radical (unpaired) electrons. The molecular weight excluding hydrogens is 370 g/mol. The van der Waals surface area contributed by atoms with Crippen LogP contribution in [0.3, 0.4) is 0 Å². The molecule has 26 heavy (non-hydrogen) atoms. The van der Waals surface area contributed by atoms with Crippen LogP contribution in [0.4, 0.5) is 5.69 Å². The van der Waals surface area contributed by atoms with Crippen molar-refractivity contribution in [1.82, 2.24) is 10.2 Å². The van der Waals surface area contributed by atoms with Crippen LogP contribution in [0.5, 0.6) is 0 Å². The minimum absolute atomic E-state index is 0.116. The average Bonchev–Trinajstić information content (AvgIpc) is 3.07. The van der Waals surface area contributed by atoms with Gasteiger partial charge in [0.15, 0.2) is 0 Å². The first kappa shape index (κ1) is 18.5. The van der Waals surface area contributed by atoms with Crippen LogP contribution in [-0.2, 0) is 4.79 Å². The molecule has 3 aromatic rings. The van der Waals surface area contributed by atoms with Crippen LogP contribution in [0, 0.1) is 13.8 Å². The predicted molar refractivity (Wildman–Crippen MR) is 105 cm³/mol. The molecule has 1 atom stereocenters. The van der Waals surface area contributed by atoms with Crippen LogP contribution >= 0.6 is 23.4 Å². The van der Waals surface area contributed by atoms with Gasteiger partial charge in [-0.05, 0) is 62.2 Å². The van der Waals surface area contributed by atoms with Crippen LogP contribution in [0.1, 0.15) is 18.1 Å². The van der Waals surface area contributed by atoms with Gasteiger partial charge >= 0.3 is 0 Å². The highest BCUT2D eigenvalue weighted by Crippen LogP contribution is 2.27. The zero-order chi connectivity index (χ0) is 18.7. The molecule has 0 saturated heterocycles. The van der Waals surface area contributed by atoms with Gasteiger partial charge < -0.3 is 9.73 Å². The van der Waals surface area contributed by atoms with E-state index in [1.54, 1.807) is 31.2 Å². The molecule has 3 rings (SSSR count). The summed E-state index contributed by atoms with van der Waals surface area (Å²) in [6, 6.07) is 13.1. The maximum Gasteiger partial charge on any atom is 0.277 e. The molecule has 1 unspecified atom stereocenters. The minimum Gasteiger partial charge on any atom is -0.411 e. The van der Waals surface area contributed by atoms with E-state index in [9.17, 15) is 4.79 Å². The number of carbonyl (C=O) groups is 1. The molecule has 1 amide bonds. The lowest BCUT2D eigenvalue weighted by Gasteiger charge is -2.12. The van der Waals surface area contributed by atoms with E-state index in [1.165, 1.54) is 11.8 Å². The Morgan fingerprint density at radius 3 is 2.62 bits per heavy atom. The van der Waals surface area contributed by atoms with E-state index in [0.29, 0.717) is 16.1 Å². The van der Waals surface area contributed by atoms with Gasteiger partial charge in [0.25, 0.3) is 5.22 Å². The van der Waals surface area contributed by atoms with E-state index in [1.807, 2.05) is 32.0 Å². The van der Waals surface area contributed by atoms with Crippen molar-refractivity contribution in [2.75, 3.05) is 5.32 Å². The van der Waals surface area contributed by atoms with Gasteiger partial charge in [-0.15, -0.1) is 10.2 Å². The second-order valence-electron chi connectivity index (χ2n) is 5.95. The normalized spacial score (nSPS) is 12.0. The Balaban J connectivity index is 1.66. The second kappa shape index (κ2) is 7.93. The number of amides is 1. The van der Waals surface area contributed by atoms with Gasteiger partial charge in [-0.3, -0.25) is 4.79 Å². The maximum absolute atomic E-state index is 12.5. The first-order valence-corrected chi connectivity index (χ1v) is 9.32. The zero-order valence-corrected chi connectivity index (χ0v) is 16.2. The summed E-state index contributed by atoms with van der Waals surface area (Å²) >= 11 is 7.10. The molecule has 7 heteroatoms. The van der Waals surface area contributed by atoms with Gasteiger partial charge in [0.2, 0.25) is 11.8 Å². The number of benzene rings is 2. The Labute approximate surface area is 161 Å². The molecule has 0 aliphatic carbocycles. The second-order valence-corrected chi connectivity index (χ2v) is 7.68. The largest absolute Gasteiger partial charge is 0.411 e. The quantitative estimate of drug-likeness (QED) is 0.615. The smallest absolute Gasteiger partial charge is 0.277 e. The van der Waals surface area contributed by atoms with E-state index in [0.717, 1.165) is 22.4 Å². The van der Waals surface area contributed by atoms with Crippen molar-refractivity contribution in [3.8, 4) is 11.5 Å². The number of aryl methyl sites for hydroxylation is 2. The molecule has 1 aromatic heterocycles. The Kier molecular flexibility index (Phi) is 5.64. The fraction of sp³-hybridized carbons (Fsp3) is 0.211. The molecule has 0 bridgehead atoms. The first-order chi connectivity index (χ1) is 12.4. The Morgan fingerprint density at radius 1 is 1.15 bits per heavy atom. The van der Waals surface area contributed by atoms with Crippen molar-refractivity contribution >= 4 is 35.0 Å². The summed E-state index contributed by atoms with van der Waals surface area (Å²) in [7, 11) is 0. The summed E-state index contributed by atoms with van der Waals surface area (Å²) in [5.74, 6) is 0.279. The van der Waals surface area contributed by atoms with E-state index >= 15 is 0 Å². The van der Waals surface area contributed by atoms with Crippen LogP contribution in [-0.4, -0.2) is 21.4 Å². The number of thioether (sulfide) groups is 1. The molecule has 134 valence electrons. The van der Waals surface area contributed by atoms with E-state index in [-0.39, 0.29) is 11.2 Å².